The second-order valence-electron chi connectivity index (χ2n) is 1.55. The molecule has 0 unspecified atom stereocenters. The van der Waals surface area contributed by atoms with Crippen molar-refractivity contribution >= 4 is 0 Å². The molecule has 1 N–H and O–H groups in total. The highest BCUT2D eigenvalue weighted by molar-refractivity contribution is 4.89. The first-order valence-corrected chi connectivity index (χ1v) is 3.30. The molecule has 0 atom stereocenters. The van der Waals surface area contributed by atoms with Crippen LogP contribution in [0.15, 0.2) is 17.2 Å². The Balaban J connectivity index is 0.000000371. The van der Waals surface area contributed by atoms with Crippen LogP contribution in [-0.4, -0.2) is 9.97 Å². The van der Waals surface area contributed by atoms with E-state index in [1.54, 1.807) is 6.20 Å². The van der Waals surface area contributed by atoms with E-state index in [4.69, 9.17) is 0 Å². The molecule has 56 valence electrons. The molecule has 0 aliphatic rings. The van der Waals surface area contributed by atoms with Crippen molar-refractivity contribution in [3.63, 3.8) is 0 Å². The number of hydrogen-bond acceptors (Lipinski definition) is 2. The van der Waals surface area contributed by atoms with E-state index in [9.17, 15) is 4.79 Å². The SMILES string of the molecule is CC.Cc1c[nH]c(=O)cn1. The Morgan fingerprint density at radius 3 is 2.40 bits per heavy atom. The van der Waals surface area contributed by atoms with Crippen LogP contribution in [0.4, 0.5) is 0 Å². The van der Waals surface area contributed by atoms with Crippen LogP contribution in [0.1, 0.15) is 19.5 Å². The summed E-state index contributed by atoms with van der Waals surface area (Å²) in [4.78, 5) is 16.5. The van der Waals surface area contributed by atoms with Crippen molar-refractivity contribution in [3.05, 3.63) is 28.4 Å². The van der Waals surface area contributed by atoms with Gasteiger partial charge in [-0.3, -0.25) is 9.78 Å². The Bertz CT molecular complexity index is 209. The highest BCUT2D eigenvalue weighted by Crippen LogP contribution is 1.77. The average molecular weight is 140 g/mol. The van der Waals surface area contributed by atoms with E-state index in [0.29, 0.717) is 0 Å². The van der Waals surface area contributed by atoms with Crippen molar-refractivity contribution in [1.82, 2.24) is 9.97 Å². The fraction of sp³-hybridized carbons (Fsp3) is 0.429. The summed E-state index contributed by atoms with van der Waals surface area (Å²) in [6.45, 7) is 5.82. The maximum atomic E-state index is 10.3. The van der Waals surface area contributed by atoms with Crippen LogP contribution in [0, 0.1) is 6.92 Å². The van der Waals surface area contributed by atoms with Crippen molar-refractivity contribution in [3.8, 4) is 0 Å². The summed E-state index contributed by atoms with van der Waals surface area (Å²) in [5.41, 5.74) is 0.667. The molecular weight excluding hydrogens is 128 g/mol. The zero-order valence-electron chi connectivity index (χ0n) is 6.51. The molecule has 0 aliphatic carbocycles. The van der Waals surface area contributed by atoms with Gasteiger partial charge in [0.15, 0.2) is 0 Å². The topological polar surface area (TPSA) is 45.8 Å². The second kappa shape index (κ2) is 4.73. The lowest BCUT2D eigenvalue weighted by Crippen LogP contribution is -2.03. The van der Waals surface area contributed by atoms with Gasteiger partial charge in [-0.25, -0.2) is 0 Å². The number of H-pyrrole nitrogens is 1. The van der Waals surface area contributed by atoms with Crippen molar-refractivity contribution in [2.75, 3.05) is 0 Å². The van der Waals surface area contributed by atoms with Crippen LogP contribution in [0.25, 0.3) is 0 Å². The molecule has 0 spiro atoms. The fourth-order valence-electron chi connectivity index (χ4n) is 0.411. The van der Waals surface area contributed by atoms with Crippen LogP contribution >= 0.6 is 0 Å². The second-order valence-corrected chi connectivity index (χ2v) is 1.55. The molecular formula is C7H12N2O. The summed E-state index contributed by atoms with van der Waals surface area (Å²) in [6.07, 6.45) is 2.83. The molecule has 1 heterocycles. The van der Waals surface area contributed by atoms with Crippen LogP contribution in [0.3, 0.4) is 0 Å². The van der Waals surface area contributed by atoms with Crippen molar-refractivity contribution < 1.29 is 0 Å². The Kier molecular flexibility index (Phi) is 4.20. The molecule has 0 saturated carbocycles. The molecule has 0 fully saturated rings. The first-order valence-electron chi connectivity index (χ1n) is 3.30. The number of aromatic nitrogens is 2. The highest BCUT2D eigenvalue weighted by atomic mass is 16.1. The summed E-state index contributed by atoms with van der Waals surface area (Å²) < 4.78 is 0. The van der Waals surface area contributed by atoms with Crippen LogP contribution in [-0.2, 0) is 0 Å². The summed E-state index contributed by atoms with van der Waals surface area (Å²) >= 11 is 0. The van der Waals surface area contributed by atoms with E-state index in [2.05, 4.69) is 9.97 Å². The van der Waals surface area contributed by atoms with Gasteiger partial charge in [-0.1, -0.05) is 13.8 Å². The summed E-state index contributed by atoms with van der Waals surface area (Å²) in [5.74, 6) is 0. The molecule has 0 aliphatic heterocycles. The van der Waals surface area contributed by atoms with Gasteiger partial charge >= 0.3 is 0 Å². The third-order valence-electron chi connectivity index (χ3n) is 0.809. The number of rotatable bonds is 0. The molecule has 1 aromatic rings. The molecule has 1 rings (SSSR count). The Labute approximate surface area is 60.1 Å². The lowest BCUT2D eigenvalue weighted by atomic mass is 10.5. The number of aromatic amines is 1. The maximum Gasteiger partial charge on any atom is 0.266 e. The number of aryl methyl sites for hydroxylation is 1. The van der Waals surface area contributed by atoms with Gasteiger partial charge in [0, 0.05) is 6.20 Å². The van der Waals surface area contributed by atoms with Crippen molar-refractivity contribution in [2.24, 2.45) is 0 Å². The predicted octanol–water partition coefficient (Wildman–Crippen LogP) is 1.10. The molecule has 3 nitrogen and oxygen atoms in total. The third-order valence-corrected chi connectivity index (χ3v) is 0.809. The minimum absolute atomic E-state index is 0.157. The molecule has 0 amide bonds. The number of nitrogens with one attached hydrogen (secondary N) is 1. The molecule has 3 heteroatoms. The van der Waals surface area contributed by atoms with Crippen molar-refractivity contribution in [2.45, 2.75) is 20.8 Å². The number of nitrogens with zero attached hydrogens (tertiary/aromatic N) is 1. The molecule has 10 heavy (non-hydrogen) atoms. The van der Waals surface area contributed by atoms with E-state index >= 15 is 0 Å². The number of hydrogen-bond donors (Lipinski definition) is 1. The van der Waals surface area contributed by atoms with Gasteiger partial charge in [-0.15, -0.1) is 0 Å². The van der Waals surface area contributed by atoms with Gasteiger partial charge in [0.1, 0.15) is 0 Å². The van der Waals surface area contributed by atoms with Gasteiger partial charge in [-0.05, 0) is 6.92 Å². The Morgan fingerprint density at radius 2 is 2.10 bits per heavy atom. The summed E-state index contributed by atoms with van der Waals surface area (Å²) in [7, 11) is 0. The normalized spacial score (nSPS) is 7.90. The smallest absolute Gasteiger partial charge is 0.266 e. The minimum atomic E-state index is -0.157. The quantitative estimate of drug-likeness (QED) is 0.586. The van der Waals surface area contributed by atoms with E-state index < -0.39 is 0 Å². The molecule has 1 aromatic heterocycles. The summed E-state index contributed by atoms with van der Waals surface area (Å²) in [6, 6.07) is 0. The lowest BCUT2D eigenvalue weighted by molar-refractivity contribution is 1.07. The van der Waals surface area contributed by atoms with Gasteiger partial charge in [0.25, 0.3) is 5.56 Å². The van der Waals surface area contributed by atoms with E-state index in [1.165, 1.54) is 6.20 Å². The van der Waals surface area contributed by atoms with Crippen LogP contribution in [0.2, 0.25) is 0 Å². The largest absolute Gasteiger partial charge is 0.326 e. The van der Waals surface area contributed by atoms with Gasteiger partial charge in [-0.2, -0.15) is 0 Å². The minimum Gasteiger partial charge on any atom is -0.326 e. The Morgan fingerprint density at radius 1 is 1.50 bits per heavy atom. The zero-order valence-corrected chi connectivity index (χ0v) is 6.51. The predicted molar refractivity (Wildman–Crippen MR) is 40.9 cm³/mol. The summed E-state index contributed by atoms with van der Waals surface area (Å²) in [5, 5.41) is 0. The van der Waals surface area contributed by atoms with E-state index in [1.807, 2.05) is 20.8 Å². The van der Waals surface area contributed by atoms with Crippen molar-refractivity contribution in [1.29, 1.82) is 0 Å². The monoisotopic (exact) mass is 140 g/mol. The standard InChI is InChI=1S/C5H6N2O.C2H6/c1-4-2-7-5(8)3-6-4;1-2/h2-3H,1H3,(H,7,8);1-2H3. The highest BCUT2D eigenvalue weighted by Gasteiger charge is 1.80. The van der Waals surface area contributed by atoms with Crippen LogP contribution < -0.4 is 5.56 Å². The molecule has 0 bridgehead atoms. The molecule has 0 radical (unpaired) electrons. The molecule has 0 saturated heterocycles. The van der Waals surface area contributed by atoms with E-state index in [0.717, 1.165) is 5.69 Å². The maximum absolute atomic E-state index is 10.3. The fourth-order valence-corrected chi connectivity index (χ4v) is 0.411. The first kappa shape index (κ1) is 8.88. The van der Waals surface area contributed by atoms with Gasteiger partial charge in [0.05, 0.1) is 11.9 Å². The average Bonchev–Trinajstić information content (AvgIpc) is 2.00. The molecule has 0 aromatic carbocycles. The third kappa shape index (κ3) is 3.02. The van der Waals surface area contributed by atoms with E-state index in [-0.39, 0.29) is 5.56 Å². The first-order chi connectivity index (χ1) is 4.79. The Hall–Kier alpha value is -1.12. The van der Waals surface area contributed by atoms with Gasteiger partial charge in [0.2, 0.25) is 0 Å². The zero-order chi connectivity index (χ0) is 7.98. The lowest BCUT2D eigenvalue weighted by Gasteiger charge is -1.83. The van der Waals surface area contributed by atoms with Gasteiger partial charge < -0.3 is 4.98 Å². The van der Waals surface area contributed by atoms with Crippen LogP contribution in [0.5, 0.6) is 0 Å².